The number of esters is 1. The second-order valence-electron chi connectivity index (χ2n) is 7.95. The summed E-state index contributed by atoms with van der Waals surface area (Å²) < 4.78 is 21.5. The molecule has 8 heteroatoms. The van der Waals surface area contributed by atoms with Crippen molar-refractivity contribution in [3.05, 3.63) is 63.0 Å². The van der Waals surface area contributed by atoms with Crippen LogP contribution in [0.1, 0.15) is 40.9 Å². The van der Waals surface area contributed by atoms with Crippen molar-refractivity contribution < 1.29 is 28.2 Å². The van der Waals surface area contributed by atoms with Gasteiger partial charge in [0.2, 0.25) is 5.91 Å². The van der Waals surface area contributed by atoms with Gasteiger partial charge in [-0.25, -0.2) is 9.59 Å². The third-order valence-corrected chi connectivity index (χ3v) is 5.40. The molecule has 174 valence electrons. The van der Waals surface area contributed by atoms with Crippen LogP contribution in [0.25, 0.3) is 11.0 Å². The molecular formula is C25H27NO7. The standard InChI is InChI=1S/C25H27NO7/c1-13(2)24(28)26-19-11-21(31-6)20(30-5)10-18(19)25(29)32-12-16-9-22(27)33-23-15(4)14(3)7-8-17(16)23/h7-11,13H,12H2,1-6H3,(H,26,28). The fourth-order valence-corrected chi connectivity index (χ4v) is 3.29. The highest BCUT2D eigenvalue weighted by atomic mass is 16.5. The van der Waals surface area contributed by atoms with E-state index in [1.54, 1.807) is 13.8 Å². The molecule has 3 aromatic rings. The third-order valence-electron chi connectivity index (χ3n) is 5.40. The van der Waals surface area contributed by atoms with E-state index in [9.17, 15) is 14.4 Å². The molecule has 0 saturated heterocycles. The van der Waals surface area contributed by atoms with E-state index in [1.165, 1.54) is 32.4 Å². The zero-order valence-electron chi connectivity index (χ0n) is 19.5. The maximum Gasteiger partial charge on any atom is 0.340 e. The monoisotopic (exact) mass is 453 g/mol. The normalized spacial score (nSPS) is 10.9. The second kappa shape index (κ2) is 9.77. The van der Waals surface area contributed by atoms with E-state index < -0.39 is 11.6 Å². The molecule has 0 aliphatic heterocycles. The van der Waals surface area contributed by atoms with Crippen molar-refractivity contribution >= 4 is 28.5 Å². The van der Waals surface area contributed by atoms with Crippen LogP contribution in [0.3, 0.4) is 0 Å². The van der Waals surface area contributed by atoms with Gasteiger partial charge in [-0.3, -0.25) is 4.79 Å². The molecule has 8 nitrogen and oxygen atoms in total. The van der Waals surface area contributed by atoms with Crippen LogP contribution in [0.5, 0.6) is 11.5 Å². The highest BCUT2D eigenvalue weighted by Gasteiger charge is 2.21. The second-order valence-corrected chi connectivity index (χ2v) is 7.95. The number of carbonyl (C=O) groups is 2. The number of fused-ring (bicyclic) bond motifs is 1. The van der Waals surface area contributed by atoms with Crippen LogP contribution in [0, 0.1) is 19.8 Å². The number of anilines is 1. The van der Waals surface area contributed by atoms with E-state index >= 15 is 0 Å². The number of rotatable bonds is 7. The Hall–Kier alpha value is -3.81. The average Bonchev–Trinajstić information content (AvgIpc) is 2.79. The van der Waals surface area contributed by atoms with Gasteiger partial charge in [0.25, 0.3) is 0 Å². The first-order valence-electron chi connectivity index (χ1n) is 10.4. The van der Waals surface area contributed by atoms with E-state index in [1.807, 2.05) is 26.0 Å². The summed E-state index contributed by atoms with van der Waals surface area (Å²) in [7, 11) is 2.90. The molecule has 0 aliphatic carbocycles. The first-order valence-corrected chi connectivity index (χ1v) is 10.4. The zero-order chi connectivity index (χ0) is 24.3. The Bertz CT molecular complexity index is 1270. The lowest BCUT2D eigenvalue weighted by Crippen LogP contribution is -2.20. The average molecular weight is 453 g/mol. The van der Waals surface area contributed by atoms with Gasteiger partial charge in [0, 0.05) is 35.1 Å². The summed E-state index contributed by atoms with van der Waals surface area (Å²) in [5.41, 5.74) is 2.61. The van der Waals surface area contributed by atoms with Gasteiger partial charge < -0.3 is 23.9 Å². The van der Waals surface area contributed by atoms with Crippen molar-refractivity contribution in [1.82, 2.24) is 0 Å². The number of ether oxygens (including phenoxy) is 3. The van der Waals surface area contributed by atoms with E-state index in [0.717, 1.165) is 11.1 Å². The van der Waals surface area contributed by atoms with Gasteiger partial charge in [-0.15, -0.1) is 0 Å². The fraction of sp³-hybridized carbons (Fsp3) is 0.320. The number of benzene rings is 2. The van der Waals surface area contributed by atoms with Crippen molar-refractivity contribution in [3.8, 4) is 11.5 Å². The molecule has 0 spiro atoms. The minimum absolute atomic E-state index is 0.0981. The van der Waals surface area contributed by atoms with Gasteiger partial charge in [-0.05, 0) is 25.0 Å². The molecule has 0 aliphatic rings. The van der Waals surface area contributed by atoms with Crippen molar-refractivity contribution in [2.24, 2.45) is 5.92 Å². The van der Waals surface area contributed by atoms with Crippen LogP contribution in [0.2, 0.25) is 0 Å². The van der Waals surface area contributed by atoms with E-state index in [-0.39, 0.29) is 29.7 Å². The number of hydrogen-bond acceptors (Lipinski definition) is 7. The molecule has 33 heavy (non-hydrogen) atoms. The van der Waals surface area contributed by atoms with Crippen molar-refractivity contribution in [2.45, 2.75) is 34.3 Å². The van der Waals surface area contributed by atoms with Gasteiger partial charge in [-0.2, -0.15) is 0 Å². The summed E-state index contributed by atoms with van der Waals surface area (Å²) in [6.07, 6.45) is 0. The van der Waals surface area contributed by atoms with Crippen LogP contribution in [-0.2, 0) is 16.1 Å². The van der Waals surface area contributed by atoms with Crippen molar-refractivity contribution in [1.29, 1.82) is 0 Å². The summed E-state index contributed by atoms with van der Waals surface area (Å²) in [5, 5.41) is 3.41. The van der Waals surface area contributed by atoms with Crippen LogP contribution in [-0.4, -0.2) is 26.1 Å². The molecule has 1 amide bonds. The Morgan fingerprint density at radius 3 is 2.33 bits per heavy atom. The van der Waals surface area contributed by atoms with Gasteiger partial charge in [0.1, 0.15) is 12.2 Å². The van der Waals surface area contributed by atoms with Crippen molar-refractivity contribution in [3.63, 3.8) is 0 Å². The SMILES string of the molecule is COc1cc(NC(=O)C(C)C)c(C(=O)OCc2cc(=O)oc3c(C)c(C)ccc23)cc1OC. The van der Waals surface area contributed by atoms with Gasteiger partial charge in [0.15, 0.2) is 11.5 Å². The molecule has 0 unspecified atom stereocenters. The third kappa shape index (κ3) is 5.00. The highest BCUT2D eigenvalue weighted by Crippen LogP contribution is 2.34. The Morgan fingerprint density at radius 1 is 1.03 bits per heavy atom. The molecule has 0 saturated carbocycles. The summed E-state index contributed by atoms with van der Waals surface area (Å²) in [5.74, 6) is -0.605. The summed E-state index contributed by atoms with van der Waals surface area (Å²) >= 11 is 0. The first kappa shape index (κ1) is 23.8. The zero-order valence-corrected chi connectivity index (χ0v) is 19.5. The molecule has 1 N–H and O–H groups in total. The molecule has 0 atom stereocenters. The van der Waals surface area contributed by atoms with E-state index in [4.69, 9.17) is 18.6 Å². The Balaban J connectivity index is 1.97. The number of aryl methyl sites for hydroxylation is 2. The van der Waals surface area contributed by atoms with Gasteiger partial charge in [0.05, 0.1) is 25.5 Å². The lowest BCUT2D eigenvalue weighted by molar-refractivity contribution is -0.118. The molecule has 0 fully saturated rings. The van der Waals surface area contributed by atoms with Crippen LogP contribution < -0.4 is 20.4 Å². The maximum absolute atomic E-state index is 13.0. The molecule has 0 radical (unpaired) electrons. The van der Waals surface area contributed by atoms with Crippen LogP contribution in [0.4, 0.5) is 5.69 Å². The minimum Gasteiger partial charge on any atom is -0.493 e. The molecule has 3 rings (SSSR count). The first-order chi connectivity index (χ1) is 15.7. The molecule has 1 aromatic heterocycles. The summed E-state index contributed by atoms with van der Waals surface area (Å²) in [4.78, 5) is 37.4. The number of carbonyl (C=O) groups excluding carboxylic acids is 2. The lowest BCUT2D eigenvalue weighted by Gasteiger charge is -2.16. The molecular weight excluding hydrogens is 426 g/mol. The summed E-state index contributed by atoms with van der Waals surface area (Å²) in [6, 6.07) is 8.00. The topological polar surface area (TPSA) is 104 Å². The minimum atomic E-state index is -0.694. The van der Waals surface area contributed by atoms with Gasteiger partial charge in [-0.1, -0.05) is 26.0 Å². The summed E-state index contributed by atoms with van der Waals surface area (Å²) in [6.45, 7) is 7.11. The Morgan fingerprint density at radius 2 is 1.70 bits per heavy atom. The smallest absolute Gasteiger partial charge is 0.340 e. The molecule has 0 bridgehead atoms. The fourth-order valence-electron chi connectivity index (χ4n) is 3.29. The van der Waals surface area contributed by atoms with Crippen molar-refractivity contribution in [2.75, 3.05) is 19.5 Å². The number of hydrogen-bond donors (Lipinski definition) is 1. The molecule has 1 heterocycles. The number of nitrogens with one attached hydrogen (secondary N) is 1. The predicted octanol–water partition coefficient (Wildman–Crippen LogP) is 4.38. The van der Waals surface area contributed by atoms with Crippen LogP contribution >= 0.6 is 0 Å². The van der Waals surface area contributed by atoms with E-state index in [0.29, 0.717) is 28.0 Å². The highest BCUT2D eigenvalue weighted by molar-refractivity contribution is 6.02. The largest absolute Gasteiger partial charge is 0.493 e. The van der Waals surface area contributed by atoms with E-state index in [2.05, 4.69) is 5.32 Å². The number of amides is 1. The quantitative estimate of drug-likeness (QED) is 0.418. The predicted molar refractivity (Wildman–Crippen MR) is 124 cm³/mol. The lowest BCUT2D eigenvalue weighted by atomic mass is 10.0. The van der Waals surface area contributed by atoms with Gasteiger partial charge >= 0.3 is 11.6 Å². The van der Waals surface area contributed by atoms with Crippen LogP contribution in [0.15, 0.2) is 39.5 Å². The Labute approximate surface area is 191 Å². The molecule has 2 aromatic carbocycles. The Kier molecular flexibility index (Phi) is 7.06. The maximum atomic E-state index is 13.0. The number of methoxy groups -OCH3 is 2.